The van der Waals surface area contributed by atoms with E-state index in [2.05, 4.69) is 4.74 Å². The minimum Gasteiger partial charge on any atom is -0.469 e. The van der Waals surface area contributed by atoms with Crippen LogP contribution in [0.5, 0.6) is 0 Å². The molecule has 0 bridgehead atoms. The lowest BCUT2D eigenvalue weighted by atomic mass is 10.3. The van der Waals surface area contributed by atoms with Crippen molar-refractivity contribution < 1.29 is 22.7 Å². The van der Waals surface area contributed by atoms with Gasteiger partial charge in [0.1, 0.15) is 0 Å². The van der Waals surface area contributed by atoms with Crippen molar-refractivity contribution in [1.29, 1.82) is 0 Å². The van der Waals surface area contributed by atoms with Crippen molar-refractivity contribution in [1.82, 2.24) is 0 Å². The van der Waals surface area contributed by atoms with Crippen molar-refractivity contribution in [2.45, 2.75) is 12.8 Å². The van der Waals surface area contributed by atoms with Gasteiger partial charge in [0.2, 0.25) is 0 Å². The second-order valence-corrected chi connectivity index (χ2v) is 5.54. The third kappa shape index (κ3) is 8.63. The van der Waals surface area contributed by atoms with Crippen molar-refractivity contribution >= 4 is 15.8 Å². The Morgan fingerprint density at radius 3 is 2.50 bits per heavy atom. The molecule has 7 heteroatoms. The van der Waals surface area contributed by atoms with Gasteiger partial charge in [-0.3, -0.25) is 4.79 Å². The molecule has 0 unspecified atom stereocenters. The molecule has 0 heterocycles. The van der Waals surface area contributed by atoms with Gasteiger partial charge in [-0.15, -0.1) is 0 Å². The number of hydrogen-bond donors (Lipinski definition) is 1. The van der Waals surface area contributed by atoms with Crippen LogP contribution in [-0.2, 0) is 24.1 Å². The van der Waals surface area contributed by atoms with Crippen molar-refractivity contribution in [2.75, 3.05) is 38.4 Å². The Morgan fingerprint density at radius 2 is 1.94 bits per heavy atom. The number of nitrogens with two attached hydrogens (primary N) is 1. The van der Waals surface area contributed by atoms with Crippen LogP contribution in [0.15, 0.2) is 0 Å². The molecular weight excluding hydrogens is 234 g/mol. The van der Waals surface area contributed by atoms with Gasteiger partial charge in [0.15, 0.2) is 9.84 Å². The van der Waals surface area contributed by atoms with Gasteiger partial charge in [-0.05, 0) is 6.42 Å². The zero-order chi connectivity index (χ0) is 12.4. The molecule has 0 rings (SSSR count). The fourth-order valence-corrected chi connectivity index (χ4v) is 2.17. The molecule has 0 aliphatic carbocycles. The zero-order valence-electron chi connectivity index (χ0n) is 9.48. The Labute approximate surface area is 96.0 Å². The van der Waals surface area contributed by atoms with E-state index >= 15 is 0 Å². The van der Waals surface area contributed by atoms with Gasteiger partial charge < -0.3 is 15.2 Å². The smallest absolute Gasteiger partial charge is 0.305 e. The van der Waals surface area contributed by atoms with Crippen LogP contribution in [0.2, 0.25) is 0 Å². The number of ether oxygens (including phenoxy) is 2. The first-order chi connectivity index (χ1) is 7.52. The van der Waals surface area contributed by atoms with E-state index in [1.54, 1.807) is 0 Å². The number of sulfone groups is 1. The standard InChI is InChI=1S/C9H19NO5S/c1-14-9(11)3-2-7-16(12,13)8-6-15-5-4-10/h2-8,10H2,1H3. The minimum absolute atomic E-state index is 0.0198. The normalized spacial score (nSPS) is 11.4. The van der Waals surface area contributed by atoms with Gasteiger partial charge in [0, 0.05) is 13.0 Å². The Bertz CT molecular complexity index is 288. The molecule has 0 aromatic rings. The van der Waals surface area contributed by atoms with Crippen LogP contribution >= 0.6 is 0 Å². The summed E-state index contributed by atoms with van der Waals surface area (Å²) in [7, 11) is -1.86. The first-order valence-corrected chi connectivity index (χ1v) is 6.89. The van der Waals surface area contributed by atoms with Crippen LogP contribution in [0, 0.1) is 0 Å². The molecule has 0 saturated heterocycles. The molecule has 0 aromatic heterocycles. The maximum Gasteiger partial charge on any atom is 0.305 e. The molecule has 0 aromatic carbocycles. The highest BCUT2D eigenvalue weighted by molar-refractivity contribution is 7.91. The lowest BCUT2D eigenvalue weighted by Crippen LogP contribution is -2.18. The van der Waals surface area contributed by atoms with Crippen LogP contribution in [0.1, 0.15) is 12.8 Å². The molecule has 0 amide bonds. The lowest BCUT2D eigenvalue weighted by molar-refractivity contribution is -0.140. The molecule has 6 nitrogen and oxygen atoms in total. The van der Waals surface area contributed by atoms with E-state index in [-0.39, 0.29) is 31.0 Å². The highest BCUT2D eigenvalue weighted by atomic mass is 32.2. The van der Waals surface area contributed by atoms with Crippen molar-refractivity contribution in [3.8, 4) is 0 Å². The zero-order valence-corrected chi connectivity index (χ0v) is 10.3. The monoisotopic (exact) mass is 253 g/mol. The summed E-state index contributed by atoms with van der Waals surface area (Å²) in [6.07, 6.45) is 0.408. The highest BCUT2D eigenvalue weighted by Gasteiger charge is 2.11. The third-order valence-corrected chi connectivity index (χ3v) is 3.56. The van der Waals surface area contributed by atoms with Gasteiger partial charge in [0.05, 0.1) is 31.8 Å². The van der Waals surface area contributed by atoms with Crippen LogP contribution in [0.25, 0.3) is 0 Å². The Morgan fingerprint density at radius 1 is 1.25 bits per heavy atom. The molecule has 0 spiro atoms. The number of hydrogen-bond acceptors (Lipinski definition) is 6. The number of carbonyl (C=O) groups excluding carboxylic acids is 1. The topological polar surface area (TPSA) is 95.7 Å². The molecule has 96 valence electrons. The molecule has 0 aliphatic rings. The van der Waals surface area contributed by atoms with Gasteiger partial charge in [-0.1, -0.05) is 0 Å². The van der Waals surface area contributed by atoms with E-state index in [1.807, 2.05) is 0 Å². The minimum atomic E-state index is -3.14. The maximum atomic E-state index is 11.4. The summed E-state index contributed by atoms with van der Waals surface area (Å²) in [5.41, 5.74) is 5.18. The second kappa shape index (κ2) is 8.49. The number of carbonyl (C=O) groups is 1. The largest absolute Gasteiger partial charge is 0.469 e. The molecule has 2 N–H and O–H groups in total. The van der Waals surface area contributed by atoms with Gasteiger partial charge in [-0.25, -0.2) is 8.42 Å². The fraction of sp³-hybridized carbons (Fsp3) is 0.889. The summed E-state index contributed by atoms with van der Waals surface area (Å²) < 4.78 is 32.2. The highest BCUT2D eigenvalue weighted by Crippen LogP contribution is 1.99. The predicted molar refractivity (Wildman–Crippen MR) is 59.8 cm³/mol. The number of rotatable bonds is 9. The summed E-state index contributed by atoms with van der Waals surface area (Å²) in [5.74, 6) is -0.447. The van der Waals surface area contributed by atoms with E-state index in [0.717, 1.165) is 0 Å². The lowest BCUT2D eigenvalue weighted by Gasteiger charge is -2.04. The Kier molecular flexibility index (Phi) is 8.14. The van der Waals surface area contributed by atoms with E-state index in [4.69, 9.17) is 10.5 Å². The summed E-state index contributed by atoms with van der Waals surface area (Å²) in [6, 6.07) is 0. The Hall–Kier alpha value is -0.660. The fourth-order valence-electron chi connectivity index (χ4n) is 1.01. The number of methoxy groups -OCH3 is 1. The van der Waals surface area contributed by atoms with E-state index in [9.17, 15) is 13.2 Å². The Balaban J connectivity index is 3.66. The molecular formula is C9H19NO5S. The average molecular weight is 253 g/mol. The molecule has 0 aliphatic heterocycles. The van der Waals surface area contributed by atoms with E-state index in [1.165, 1.54) is 7.11 Å². The molecule has 0 fully saturated rings. The summed E-state index contributed by atoms with van der Waals surface area (Å²) in [6.45, 7) is 0.887. The van der Waals surface area contributed by atoms with Crippen LogP contribution in [0.4, 0.5) is 0 Å². The summed E-state index contributed by atoms with van der Waals surface area (Å²) in [4.78, 5) is 10.7. The van der Waals surface area contributed by atoms with Crippen molar-refractivity contribution in [3.63, 3.8) is 0 Å². The van der Waals surface area contributed by atoms with Crippen molar-refractivity contribution in [3.05, 3.63) is 0 Å². The van der Waals surface area contributed by atoms with Gasteiger partial charge >= 0.3 is 5.97 Å². The molecule has 0 radical (unpaired) electrons. The van der Waals surface area contributed by atoms with E-state index in [0.29, 0.717) is 13.2 Å². The SMILES string of the molecule is COC(=O)CCCS(=O)(=O)CCOCCN. The molecule has 16 heavy (non-hydrogen) atoms. The first kappa shape index (κ1) is 15.3. The first-order valence-electron chi connectivity index (χ1n) is 5.07. The molecule has 0 saturated carbocycles. The van der Waals surface area contributed by atoms with Crippen LogP contribution < -0.4 is 5.73 Å². The maximum absolute atomic E-state index is 11.4. The van der Waals surface area contributed by atoms with Crippen LogP contribution in [0.3, 0.4) is 0 Å². The van der Waals surface area contributed by atoms with Gasteiger partial charge in [0.25, 0.3) is 0 Å². The molecule has 0 atom stereocenters. The quantitative estimate of drug-likeness (QED) is 0.432. The summed E-state index contributed by atoms with van der Waals surface area (Å²) >= 11 is 0. The van der Waals surface area contributed by atoms with Crippen molar-refractivity contribution in [2.24, 2.45) is 5.73 Å². The second-order valence-electron chi connectivity index (χ2n) is 3.23. The van der Waals surface area contributed by atoms with E-state index < -0.39 is 15.8 Å². The van der Waals surface area contributed by atoms with Crippen LogP contribution in [-0.4, -0.2) is 52.8 Å². The number of esters is 1. The third-order valence-electron chi connectivity index (χ3n) is 1.86. The average Bonchev–Trinajstić information content (AvgIpc) is 2.24. The summed E-state index contributed by atoms with van der Waals surface area (Å²) in [5, 5.41) is 0. The predicted octanol–water partition coefficient (Wildman–Crippen LogP) is -0.670. The van der Waals surface area contributed by atoms with Gasteiger partial charge in [-0.2, -0.15) is 0 Å².